The van der Waals surface area contributed by atoms with Crippen LogP contribution in [0.5, 0.6) is 0 Å². The maximum atomic E-state index is 11.8. The van der Waals surface area contributed by atoms with E-state index in [0.29, 0.717) is 13.0 Å². The molecule has 2 atom stereocenters. The maximum Gasteiger partial charge on any atom is 0.412 e. The second-order valence-corrected chi connectivity index (χ2v) is 4.39. The molecule has 5 nitrogen and oxygen atoms in total. The standard InChI is InChI=1S/C13H17NO4/c15-11-6-7-14(12(16)8-11)13(17)18-9-10-4-2-1-3-5-10/h1-5,11-12,15-16H,6-9H2. The van der Waals surface area contributed by atoms with Gasteiger partial charge in [-0.3, -0.25) is 4.90 Å². The second kappa shape index (κ2) is 5.84. The molecule has 1 fully saturated rings. The van der Waals surface area contributed by atoms with Crippen molar-refractivity contribution in [3.8, 4) is 0 Å². The number of aliphatic hydroxyl groups excluding tert-OH is 2. The van der Waals surface area contributed by atoms with E-state index < -0.39 is 18.4 Å². The number of hydrogen-bond acceptors (Lipinski definition) is 4. The summed E-state index contributed by atoms with van der Waals surface area (Å²) in [6.45, 7) is 0.501. The number of carbonyl (C=O) groups excluding carboxylic acids is 1. The summed E-state index contributed by atoms with van der Waals surface area (Å²) in [6.07, 6.45) is -1.40. The molecule has 1 amide bonds. The Morgan fingerprint density at radius 2 is 2.06 bits per heavy atom. The minimum atomic E-state index is -0.961. The molecule has 0 saturated carbocycles. The van der Waals surface area contributed by atoms with E-state index in [9.17, 15) is 15.0 Å². The van der Waals surface area contributed by atoms with Crippen LogP contribution in [-0.4, -0.2) is 40.1 Å². The summed E-state index contributed by atoms with van der Waals surface area (Å²) in [5.74, 6) is 0. The van der Waals surface area contributed by atoms with Gasteiger partial charge in [0.15, 0.2) is 0 Å². The predicted molar refractivity (Wildman–Crippen MR) is 64.6 cm³/mol. The average Bonchev–Trinajstić information content (AvgIpc) is 2.37. The Hall–Kier alpha value is -1.59. The van der Waals surface area contributed by atoms with E-state index in [4.69, 9.17) is 4.74 Å². The van der Waals surface area contributed by atoms with Crippen molar-refractivity contribution >= 4 is 6.09 Å². The van der Waals surface area contributed by atoms with Gasteiger partial charge in [-0.2, -0.15) is 0 Å². The first kappa shape index (κ1) is 12.9. The summed E-state index contributed by atoms with van der Waals surface area (Å²) in [7, 11) is 0. The van der Waals surface area contributed by atoms with Gasteiger partial charge in [0.25, 0.3) is 0 Å². The van der Waals surface area contributed by atoms with Gasteiger partial charge in [0.05, 0.1) is 6.10 Å². The van der Waals surface area contributed by atoms with E-state index in [-0.39, 0.29) is 13.0 Å². The molecule has 1 aromatic rings. The van der Waals surface area contributed by atoms with E-state index in [2.05, 4.69) is 0 Å². The summed E-state index contributed by atoms with van der Waals surface area (Å²) >= 11 is 0. The van der Waals surface area contributed by atoms with Crippen molar-refractivity contribution < 1.29 is 19.7 Å². The van der Waals surface area contributed by atoms with Crippen LogP contribution < -0.4 is 0 Å². The summed E-state index contributed by atoms with van der Waals surface area (Å²) < 4.78 is 5.12. The van der Waals surface area contributed by atoms with Gasteiger partial charge >= 0.3 is 6.09 Å². The second-order valence-electron chi connectivity index (χ2n) is 4.39. The quantitative estimate of drug-likeness (QED) is 0.825. The fourth-order valence-electron chi connectivity index (χ4n) is 1.94. The van der Waals surface area contributed by atoms with Crippen molar-refractivity contribution in [1.82, 2.24) is 4.90 Å². The van der Waals surface area contributed by atoms with Gasteiger partial charge < -0.3 is 14.9 Å². The molecule has 1 aliphatic rings. The molecule has 1 heterocycles. The number of ether oxygens (including phenoxy) is 1. The fraction of sp³-hybridized carbons (Fsp3) is 0.462. The van der Waals surface area contributed by atoms with Gasteiger partial charge in [-0.1, -0.05) is 30.3 Å². The number of benzene rings is 1. The zero-order valence-electron chi connectivity index (χ0n) is 10.0. The number of hydrogen-bond donors (Lipinski definition) is 2. The van der Waals surface area contributed by atoms with Crippen LogP contribution in [0.15, 0.2) is 30.3 Å². The van der Waals surface area contributed by atoms with Gasteiger partial charge in [-0.15, -0.1) is 0 Å². The highest BCUT2D eigenvalue weighted by Gasteiger charge is 2.30. The van der Waals surface area contributed by atoms with Gasteiger partial charge in [-0.05, 0) is 12.0 Å². The highest BCUT2D eigenvalue weighted by Crippen LogP contribution is 2.17. The topological polar surface area (TPSA) is 70.0 Å². The van der Waals surface area contributed by atoms with Crippen molar-refractivity contribution in [3.05, 3.63) is 35.9 Å². The molecule has 0 radical (unpaired) electrons. The Labute approximate surface area is 106 Å². The first-order valence-electron chi connectivity index (χ1n) is 6.00. The first-order valence-corrected chi connectivity index (χ1v) is 6.00. The lowest BCUT2D eigenvalue weighted by Crippen LogP contribution is -2.47. The molecule has 2 unspecified atom stereocenters. The SMILES string of the molecule is O=C(OCc1ccccc1)N1CCC(O)CC1O. The predicted octanol–water partition coefficient (Wildman–Crippen LogP) is 1.10. The molecule has 0 aromatic heterocycles. The molecule has 2 rings (SSSR count). The molecular formula is C13H17NO4. The third kappa shape index (κ3) is 3.21. The van der Waals surface area contributed by atoms with Crippen molar-refractivity contribution in [2.75, 3.05) is 6.54 Å². The largest absolute Gasteiger partial charge is 0.444 e. The van der Waals surface area contributed by atoms with Crippen LogP contribution in [-0.2, 0) is 11.3 Å². The molecule has 1 aliphatic heterocycles. The molecule has 1 aromatic carbocycles. The van der Waals surface area contributed by atoms with Crippen molar-refractivity contribution in [2.24, 2.45) is 0 Å². The van der Waals surface area contributed by atoms with E-state index >= 15 is 0 Å². The van der Waals surface area contributed by atoms with Crippen molar-refractivity contribution in [1.29, 1.82) is 0 Å². The van der Waals surface area contributed by atoms with E-state index in [0.717, 1.165) is 5.56 Å². The van der Waals surface area contributed by atoms with Crippen LogP contribution in [0.25, 0.3) is 0 Å². The van der Waals surface area contributed by atoms with Crippen LogP contribution in [0.1, 0.15) is 18.4 Å². The number of piperidine rings is 1. The lowest BCUT2D eigenvalue weighted by molar-refractivity contribution is -0.0604. The third-order valence-corrected chi connectivity index (χ3v) is 2.99. The summed E-state index contributed by atoms with van der Waals surface area (Å²) in [4.78, 5) is 13.0. The van der Waals surface area contributed by atoms with Crippen LogP contribution >= 0.6 is 0 Å². The number of carbonyl (C=O) groups is 1. The summed E-state index contributed by atoms with van der Waals surface area (Å²) in [6, 6.07) is 9.36. The van der Waals surface area contributed by atoms with Gasteiger partial charge in [0.2, 0.25) is 0 Å². The Bertz CT molecular complexity index is 395. The van der Waals surface area contributed by atoms with Crippen LogP contribution in [0.4, 0.5) is 4.79 Å². The average molecular weight is 251 g/mol. The monoisotopic (exact) mass is 251 g/mol. The highest BCUT2D eigenvalue weighted by atomic mass is 16.6. The molecule has 2 N–H and O–H groups in total. The number of likely N-dealkylation sites (tertiary alicyclic amines) is 1. The highest BCUT2D eigenvalue weighted by molar-refractivity contribution is 5.68. The molecule has 18 heavy (non-hydrogen) atoms. The molecule has 0 bridgehead atoms. The lowest BCUT2D eigenvalue weighted by Gasteiger charge is -2.33. The van der Waals surface area contributed by atoms with E-state index in [1.165, 1.54) is 4.90 Å². The summed E-state index contributed by atoms with van der Waals surface area (Å²) in [5, 5.41) is 19.0. The van der Waals surface area contributed by atoms with Crippen molar-refractivity contribution in [2.45, 2.75) is 31.8 Å². The van der Waals surface area contributed by atoms with Crippen LogP contribution in [0.3, 0.4) is 0 Å². The molecule has 0 aliphatic carbocycles. The van der Waals surface area contributed by atoms with Gasteiger partial charge in [0.1, 0.15) is 12.8 Å². The van der Waals surface area contributed by atoms with Crippen LogP contribution in [0, 0.1) is 0 Å². The normalized spacial score (nSPS) is 23.8. The number of amides is 1. The van der Waals surface area contributed by atoms with Gasteiger partial charge in [0, 0.05) is 13.0 Å². The summed E-state index contributed by atoms with van der Waals surface area (Å²) in [5.41, 5.74) is 0.900. The Kier molecular flexibility index (Phi) is 4.17. The molecular weight excluding hydrogens is 234 g/mol. The molecule has 0 spiro atoms. The minimum Gasteiger partial charge on any atom is -0.444 e. The Morgan fingerprint density at radius 3 is 2.72 bits per heavy atom. The Morgan fingerprint density at radius 1 is 1.33 bits per heavy atom. The van der Waals surface area contributed by atoms with Crippen LogP contribution in [0.2, 0.25) is 0 Å². The molecule has 1 saturated heterocycles. The number of nitrogens with zero attached hydrogens (tertiary/aromatic N) is 1. The molecule has 98 valence electrons. The number of rotatable bonds is 2. The molecule has 5 heteroatoms. The third-order valence-electron chi connectivity index (χ3n) is 2.99. The fourth-order valence-corrected chi connectivity index (χ4v) is 1.94. The lowest BCUT2D eigenvalue weighted by atomic mass is 10.1. The zero-order chi connectivity index (χ0) is 13.0. The smallest absolute Gasteiger partial charge is 0.412 e. The van der Waals surface area contributed by atoms with Crippen molar-refractivity contribution in [3.63, 3.8) is 0 Å². The minimum absolute atomic E-state index is 0.181. The number of aliphatic hydroxyl groups is 2. The Balaban J connectivity index is 1.85. The zero-order valence-corrected chi connectivity index (χ0v) is 10.0. The first-order chi connectivity index (χ1) is 8.66. The van der Waals surface area contributed by atoms with Gasteiger partial charge in [-0.25, -0.2) is 4.79 Å². The van der Waals surface area contributed by atoms with E-state index in [1.54, 1.807) is 0 Å². The van der Waals surface area contributed by atoms with E-state index in [1.807, 2.05) is 30.3 Å². The maximum absolute atomic E-state index is 11.8.